The Bertz CT molecular complexity index is 1020. The highest BCUT2D eigenvalue weighted by atomic mass is 35.5. The number of rotatable bonds is 5. The molecule has 0 fully saturated rings. The molecule has 1 N–H and O–H groups in total. The monoisotopic (exact) mass is 446 g/mol. The summed E-state index contributed by atoms with van der Waals surface area (Å²) in [6.07, 6.45) is -4.62. The van der Waals surface area contributed by atoms with Crippen LogP contribution < -0.4 is 5.32 Å². The second-order valence-electron chi connectivity index (χ2n) is 5.96. The number of aromatic nitrogens is 3. The summed E-state index contributed by atoms with van der Waals surface area (Å²) >= 11 is 11.8. The first-order valence-electron chi connectivity index (χ1n) is 8.17. The molecule has 0 aliphatic rings. The van der Waals surface area contributed by atoms with E-state index in [2.05, 4.69) is 15.6 Å². The number of carbonyl (C=O) groups is 1. The van der Waals surface area contributed by atoms with Crippen LogP contribution in [0.2, 0.25) is 10.0 Å². The average molecular weight is 447 g/mol. The van der Waals surface area contributed by atoms with Gasteiger partial charge in [0.2, 0.25) is 0 Å². The molecule has 2 aromatic carbocycles. The first-order valence-corrected chi connectivity index (χ1v) is 8.93. The lowest BCUT2D eigenvalue weighted by Gasteiger charge is -2.11. The average Bonchev–Trinajstić information content (AvgIpc) is 3.07. The minimum atomic E-state index is -4.91. The van der Waals surface area contributed by atoms with Crippen molar-refractivity contribution < 1.29 is 22.4 Å². The van der Waals surface area contributed by atoms with E-state index >= 15 is 0 Å². The van der Waals surface area contributed by atoms with E-state index in [0.717, 1.165) is 24.3 Å². The molecule has 0 unspecified atom stereocenters. The van der Waals surface area contributed by atoms with E-state index in [1.165, 1.54) is 6.07 Å². The third-order valence-electron chi connectivity index (χ3n) is 3.85. The molecule has 0 spiro atoms. The Labute approximate surface area is 172 Å². The van der Waals surface area contributed by atoms with Crippen molar-refractivity contribution in [3.8, 4) is 5.69 Å². The molecule has 1 amide bonds. The number of carbonyl (C=O) groups excluding carboxylic acids is 1. The van der Waals surface area contributed by atoms with Gasteiger partial charge in [-0.2, -0.15) is 13.2 Å². The Morgan fingerprint density at radius 1 is 1.07 bits per heavy atom. The SMILES string of the molecule is O=C(NCCc1cc(Cl)cc(Cl)c1)c1nnn(-c2ccc(F)cc2)c1C(F)(F)F. The number of hydrogen-bond donors (Lipinski definition) is 1. The maximum Gasteiger partial charge on any atom is 0.435 e. The van der Waals surface area contributed by atoms with Crippen molar-refractivity contribution in [3.05, 3.63) is 75.3 Å². The number of alkyl halides is 3. The smallest absolute Gasteiger partial charge is 0.350 e. The van der Waals surface area contributed by atoms with E-state index in [9.17, 15) is 22.4 Å². The fourth-order valence-electron chi connectivity index (χ4n) is 2.61. The first kappa shape index (κ1) is 21.1. The predicted octanol–water partition coefficient (Wildman–Crippen LogP) is 4.70. The van der Waals surface area contributed by atoms with Crippen LogP contribution in [0.1, 0.15) is 21.7 Å². The van der Waals surface area contributed by atoms with E-state index in [1.807, 2.05) is 0 Å². The lowest BCUT2D eigenvalue weighted by atomic mass is 10.1. The fourth-order valence-corrected chi connectivity index (χ4v) is 3.18. The van der Waals surface area contributed by atoms with Crippen LogP contribution >= 0.6 is 23.2 Å². The van der Waals surface area contributed by atoms with E-state index in [1.54, 1.807) is 12.1 Å². The minimum absolute atomic E-state index is 0.0240. The van der Waals surface area contributed by atoms with E-state index < -0.39 is 29.3 Å². The van der Waals surface area contributed by atoms with Gasteiger partial charge in [-0.3, -0.25) is 4.79 Å². The summed E-state index contributed by atoms with van der Waals surface area (Å²) in [5.41, 5.74) is -1.62. The molecule has 0 saturated heterocycles. The normalized spacial score (nSPS) is 11.5. The molecule has 0 bridgehead atoms. The Kier molecular flexibility index (Phi) is 6.09. The zero-order valence-corrected chi connectivity index (χ0v) is 16.0. The largest absolute Gasteiger partial charge is 0.435 e. The van der Waals surface area contributed by atoms with Crippen molar-refractivity contribution >= 4 is 29.1 Å². The summed E-state index contributed by atoms with van der Waals surface area (Å²) < 4.78 is 54.2. The van der Waals surface area contributed by atoms with Gasteiger partial charge in [0.05, 0.1) is 5.69 Å². The van der Waals surface area contributed by atoms with E-state index in [0.29, 0.717) is 26.7 Å². The third-order valence-corrected chi connectivity index (χ3v) is 4.28. The number of hydrogen-bond acceptors (Lipinski definition) is 3. The second-order valence-corrected chi connectivity index (χ2v) is 6.83. The molecule has 1 aromatic heterocycles. The van der Waals surface area contributed by atoms with Crippen molar-refractivity contribution in [1.29, 1.82) is 0 Å². The molecule has 0 aliphatic heterocycles. The zero-order valence-electron chi connectivity index (χ0n) is 14.5. The van der Waals surface area contributed by atoms with Crippen LogP contribution in [-0.2, 0) is 12.6 Å². The van der Waals surface area contributed by atoms with Crippen LogP contribution in [0.5, 0.6) is 0 Å². The molecule has 0 saturated carbocycles. The maximum absolute atomic E-state index is 13.6. The topological polar surface area (TPSA) is 59.8 Å². The molecule has 5 nitrogen and oxygen atoms in total. The van der Waals surface area contributed by atoms with E-state index in [-0.39, 0.29) is 12.2 Å². The molecule has 0 atom stereocenters. The molecule has 11 heteroatoms. The van der Waals surface area contributed by atoms with Crippen molar-refractivity contribution in [2.24, 2.45) is 0 Å². The number of nitrogens with one attached hydrogen (secondary N) is 1. The Hall–Kier alpha value is -2.65. The molecule has 3 rings (SSSR count). The van der Waals surface area contributed by atoms with Crippen molar-refractivity contribution in [2.45, 2.75) is 12.6 Å². The van der Waals surface area contributed by atoms with Gasteiger partial charge in [0.25, 0.3) is 5.91 Å². The van der Waals surface area contributed by atoms with Gasteiger partial charge in [0.1, 0.15) is 5.82 Å². The summed E-state index contributed by atoms with van der Waals surface area (Å²) in [6, 6.07) is 8.96. The molecule has 29 heavy (non-hydrogen) atoms. The van der Waals surface area contributed by atoms with Gasteiger partial charge in [-0.15, -0.1) is 5.10 Å². The molecule has 152 valence electrons. The number of nitrogens with zero attached hydrogens (tertiary/aromatic N) is 3. The van der Waals surface area contributed by atoms with Gasteiger partial charge < -0.3 is 5.32 Å². The molecule has 1 heterocycles. The lowest BCUT2D eigenvalue weighted by Crippen LogP contribution is -2.29. The highest BCUT2D eigenvalue weighted by molar-refractivity contribution is 6.34. The summed E-state index contributed by atoms with van der Waals surface area (Å²) in [5, 5.41) is 9.98. The fraction of sp³-hybridized carbons (Fsp3) is 0.167. The second kappa shape index (κ2) is 8.38. The van der Waals surface area contributed by atoms with Crippen LogP contribution in [0, 0.1) is 5.82 Å². The minimum Gasteiger partial charge on any atom is -0.350 e. The standard InChI is InChI=1S/C18H12Cl2F4N4O/c19-11-7-10(8-12(20)9-11)5-6-25-17(29)15-16(18(22,23)24)28(27-26-15)14-3-1-13(21)2-4-14/h1-4,7-9H,5-6H2,(H,25,29). The number of amides is 1. The van der Waals surface area contributed by atoms with E-state index in [4.69, 9.17) is 23.2 Å². The number of halogens is 6. The van der Waals surface area contributed by atoms with Gasteiger partial charge in [-0.25, -0.2) is 9.07 Å². The Morgan fingerprint density at radius 3 is 2.28 bits per heavy atom. The van der Waals surface area contributed by atoms with Crippen LogP contribution in [0.25, 0.3) is 5.69 Å². The highest BCUT2D eigenvalue weighted by Gasteiger charge is 2.41. The summed E-state index contributed by atoms with van der Waals surface area (Å²) in [6.45, 7) is 0.0240. The highest BCUT2D eigenvalue weighted by Crippen LogP contribution is 2.32. The molecule has 0 radical (unpaired) electrons. The van der Waals surface area contributed by atoms with Crippen LogP contribution in [0.15, 0.2) is 42.5 Å². The maximum atomic E-state index is 13.6. The molecule has 0 aliphatic carbocycles. The molecule has 3 aromatic rings. The van der Waals surface area contributed by atoms with Crippen molar-refractivity contribution in [3.63, 3.8) is 0 Å². The van der Waals surface area contributed by atoms with Gasteiger partial charge in [0, 0.05) is 16.6 Å². The summed E-state index contributed by atoms with van der Waals surface area (Å²) in [7, 11) is 0. The van der Waals surface area contributed by atoms with Gasteiger partial charge in [0.15, 0.2) is 11.4 Å². The molecular weight excluding hydrogens is 435 g/mol. The predicted molar refractivity (Wildman–Crippen MR) is 98.8 cm³/mol. The van der Waals surface area contributed by atoms with Gasteiger partial charge in [-0.1, -0.05) is 28.4 Å². The van der Waals surface area contributed by atoms with Crippen molar-refractivity contribution in [1.82, 2.24) is 20.3 Å². The van der Waals surface area contributed by atoms with Crippen LogP contribution in [0.3, 0.4) is 0 Å². The summed E-state index contributed by atoms with van der Waals surface area (Å²) in [4.78, 5) is 12.3. The molecular formula is C18H12Cl2F4N4O. The third kappa shape index (κ3) is 5.04. The van der Waals surface area contributed by atoms with Crippen LogP contribution in [0.4, 0.5) is 17.6 Å². The number of benzene rings is 2. The Balaban J connectivity index is 1.80. The van der Waals surface area contributed by atoms with Crippen molar-refractivity contribution in [2.75, 3.05) is 6.54 Å². The lowest BCUT2D eigenvalue weighted by molar-refractivity contribution is -0.143. The Morgan fingerprint density at radius 2 is 1.69 bits per heavy atom. The first-order chi connectivity index (χ1) is 13.6. The van der Waals surface area contributed by atoms with Gasteiger partial charge in [-0.05, 0) is 54.4 Å². The van der Waals surface area contributed by atoms with Gasteiger partial charge >= 0.3 is 6.18 Å². The quantitative estimate of drug-likeness (QED) is 0.577. The summed E-state index contributed by atoms with van der Waals surface area (Å²) in [5.74, 6) is -1.67. The zero-order chi connectivity index (χ0) is 21.2. The van der Waals surface area contributed by atoms with Crippen LogP contribution in [-0.4, -0.2) is 27.4 Å².